The number of anilines is 1. The summed E-state index contributed by atoms with van der Waals surface area (Å²) in [5.74, 6) is -0.356. The van der Waals surface area contributed by atoms with Gasteiger partial charge in [-0.1, -0.05) is 29.3 Å². The Kier molecular flexibility index (Phi) is 5.58. The predicted molar refractivity (Wildman–Crippen MR) is 103 cm³/mol. The Bertz CT molecular complexity index is 930. The normalized spacial score (nSPS) is 18.0. The van der Waals surface area contributed by atoms with Crippen LogP contribution in [-0.2, 0) is 14.8 Å². The molecule has 0 saturated carbocycles. The molecule has 3 rings (SSSR count). The second-order valence-corrected chi connectivity index (χ2v) is 8.94. The topological polar surface area (TPSA) is 66.5 Å². The van der Waals surface area contributed by atoms with Gasteiger partial charge < -0.3 is 5.32 Å². The van der Waals surface area contributed by atoms with Crippen LogP contribution in [0.5, 0.6) is 0 Å². The summed E-state index contributed by atoms with van der Waals surface area (Å²) in [6.45, 7) is 2.15. The molecule has 2 aromatic carbocycles. The molecule has 1 atom stereocenters. The summed E-state index contributed by atoms with van der Waals surface area (Å²) in [5.41, 5.74) is 1.44. The summed E-state index contributed by atoms with van der Waals surface area (Å²) in [6.07, 6.45) is 1.09. The van der Waals surface area contributed by atoms with Crippen molar-refractivity contribution in [1.29, 1.82) is 0 Å². The van der Waals surface area contributed by atoms with Crippen molar-refractivity contribution in [2.24, 2.45) is 0 Å². The van der Waals surface area contributed by atoms with Crippen molar-refractivity contribution in [3.05, 3.63) is 58.1 Å². The van der Waals surface area contributed by atoms with Crippen LogP contribution in [0.1, 0.15) is 18.4 Å². The van der Waals surface area contributed by atoms with Crippen molar-refractivity contribution in [3.63, 3.8) is 0 Å². The first kappa shape index (κ1) is 19.2. The second kappa shape index (κ2) is 7.56. The summed E-state index contributed by atoms with van der Waals surface area (Å²) >= 11 is 11.8. The van der Waals surface area contributed by atoms with Gasteiger partial charge in [-0.3, -0.25) is 4.79 Å². The number of nitrogens with one attached hydrogen (secondary N) is 1. The number of carbonyl (C=O) groups is 1. The molecule has 1 N–H and O–H groups in total. The number of carbonyl (C=O) groups excluding carboxylic acids is 1. The van der Waals surface area contributed by atoms with E-state index in [1.54, 1.807) is 18.2 Å². The maximum atomic E-state index is 12.9. The van der Waals surface area contributed by atoms with Gasteiger partial charge in [0.25, 0.3) is 0 Å². The van der Waals surface area contributed by atoms with E-state index in [1.807, 2.05) is 6.92 Å². The van der Waals surface area contributed by atoms with Gasteiger partial charge in [0.15, 0.2) is 0 Å². The number of aryl methyl sites for hydroxylation is 1. The van der Waals surface area contributed by atoms with E-state index in [-0.39, 0.29) is 10.8 Å². The van der Waals surface area contributed by atoms with Gasteiger partial charge in [-0.25, -0.2) is 8.42 Å². The average Bonchev–Trinajstić information content (AvgIpc) is 3.09. The lowest BCUT2D eigenvalue weighted by Crippen LogP contribution is -2.43. The van der Waals surface area contributed by atoms with Crippen molar-refractivity contribution >= 4 is 44.8 Å². The van der Waals surface area contributed by atoms with Crippen LogP contribution in [0.15, 0.2) is 47.4 Å². The average molecular weight is 413 g/mol. The molecule has 5 nitrogen and oxygen atoms in total. The van der Waals surface area contributed by atoms with Crippen LogP contribution in [0.3, 0.4) is 0 Å². The van der Waals surface area contributed by atoms with Crippen molar-refractivity contribution in [3.8, 4) is 0 Å². The predicted octanol–water partition coefficient (Wildman–Crippen LogP) is 4.09. The molecule has 1 fully saturated rings. The van der Waals surface area contributed by atoms with E-state index in [2.05, 4.69) is 5.32 Å². The third-order valence-corrected chi connectivity index (χ3v) is 6.79. The summed E-state index contributed by atoms with van der Waals surface area (Å²) in [7, 11) is -3.77. The zero-order valence-electron chi connectivity index (χ0n) is 14.1. The maximum Gasteiger partial charge on any atom is 0.243 e. The highest BCUT2D eigenvalue weighted by Crippen LogP contribution is 2.28. The van der Waals surface area contributed by atoms with E-state index in [9.17, 15) is 13.2 Å². The Balaban J connectivity index is 1.84. The number of nitrogens with zero attached hydrogens (tertiary/aromatic N) is 1. The van der Waals surface area contributed by atoms with E-state index in [1.165, 1.54) is 28.6 Å². The number of halogens is 2. The van der Waals surface area contributed by atoms with E-state index < -0.39 is 16.1 Å². The quantitative estimate of drug-likeness (QED) is 0.821. The van der Waals surface area contributed by atoms with Crippen LogP contribution in [0.25, 0.3) is 0 Å². The number of hydrogen-bond donors (Lipinski definition) is 1. The minimum atomic E-state index is -3.77. The zero-order valence-corrected chi connectivity index (χ0v) is 16.4. The minimum absolute atomic E-state index is 0.125. The Morgan fingerprint density at radius 1 is 1.12 bits per heavy atom. The van der Waals surface area contributed by atoms with Gasteiger partial charge >= 0.3 is 0 Å². The highest BCUT2D eigenvalue weighted by Gasteiger charge is 2.39. The number of rotatable bonds is 4. The molecular weight excluding hydrogens is 395 g/mol. The number of hydrogen-bond acceptors (Lipinski definition) is 3. The first-order chi connectivity index (χ1) is 12.3. The van der Waals surface area contributed by atoms with Crippen LogP contribution in [0, 0.1) is 6.92 Å². The van der Waals surface area contributed by atoms with Gasteiger partial charge in [0, 0.05) is 22.3 Å². The summed E-state index contributed by atoms with van der Waals surface area (Å²) in [5, 5.41) is 3.76. The zero-order chi connectivity index (χ0) is 18.9. The smallest absolute Gasteiger partial charge is 0.243 e. The lowest BCUT2D eigenvalue weighted by Gasteiger charge is -2.23. The lowest BCUT2D eigenvalue weighted by atomic mass is 10.1. The first-order valence-electron chi connectivity index (χ1n) is 8.13. The highest BCUT2D eigenvalue weighted by atomic mass is 35.5. The molecule has 8 heteroatoms. The van der Waals surface area contributed by atoms with E-state index in [0.29, 0.717) is 35.1 Å². The van der Waals surface area contributed by atoms with Crippen LogP contribution in [-0.4, -0.2) is 31.2 Å². The van der Waals surface area contributed by atoms with E-state index in [0.717, 1.165) is 5.56 Å². The third-order valence-electron chi connectivity index (χ3n) is 4.38. The number of amides is 1. The lowest BCUT2D eigenvalue weighted by molar-refractivity contribution is -0.119. The SMILES string of the molecule is Cc1ccc(Cl)cc1NC(=O)[C@@H]1CCCN1S(=O)(=O)c1ccc(Cl)cc1. The Hall–Kier alpha value is -1.60. The molecule has 0 spiro atoms. The largest absolute Gasteiger partial charge is 0.324 e. The standard InChI is InChI=1S/C18H18Cl2N2O3S/c1-12-4-5-14(20)11-16(12)21-18(23)17-3-2-10-22(17)26(24,25)15-8-6-13(19)7-9-15/h4-9,11,17H,2-3,10H2,1H3,(H,21,23)/t17-/m0/s1. The molecule has 0 unspecified atom stereocenters. The molecule has 0 bridgehead atoms. The summed E-state index contributed by atoms with van der Waals surface area (Å²) in [4.78, 5) is 12.9. The van der Waals surface area contributed by atoms with Crippen molar-refractivity contribution in [1.82, 2.24) is 4.31 Å². The molecule has 1 heterocycles. The molecule has 0 radical (unpaired) electrons. The van der Waals surface area contributed by atoms with E-state index in [4.69, 9.17) is 23.2 Å². The molecule has 0 aliphatic carbocycles. The fourth-order valence-electron chi connectivity index (χ4n) is 2.98. The van der Waals surface area contributed by atoms with Gasteiger partial charge in [0.05, 0.1) is 4.90 Å². The van der Waals surface area contributed by atoms with Crippen LogP contribution >= 0.6 is 23.2 Å². The summed E-state index contributed by atoms with van der Waals surface area (Å²) in [6, 6.07) is 10.4. The van der Waals surface area contributed by atoms with Crippen molar-refractivity contribution in [2.75, 3.05) is 11.9 Å². The van der Waals surface area contributed by atoms with Gasteiger partial charge in [0.2, 0.25) is 15.9 Å². The Morgan fingerprint density at radius 2 is 1.77 bits per heavy atom. The molecule has 1 saturated heterocycles. The molecule has 0 aromatic heterocycles. The molecule has 1 aliphatic rings. The van der Waals surface area contributed by atoms with Crippen LogP contribution in [0.2, 0.25) is 10.0 Å². The summed E-state index contributed by atoms with van der Waals surface area (Å²) < 4.78 is 27.1. The fourth-order valence-corrected chi connectivity index (χ4v) is 4.93. The van der Waals surface area contributed by atoms with Crippen molar-refractivity contribution < 1.29 is 13.2 Å². The maximum absolute atomic E-state index is 12.9. The molecular formula is C18H18Cl2N2O3S. The highest BCUT2D eigenvalue weighted by molar-refractivity contribution is 7.89. The van der Waals surface area contributed by atoms with Gasteiger partial charge in [-0.2, -0.15) is 4.31 Å². The molecule has 2 aromatic rings. The molecule has 26 heavy (non-hydrogen) atoms. The Labute approximate surface area is 163 Å². The van der Waals surface area contributed by atoms with Crippen molar-refractivity contribution in [2.45, 2.75) is 30.7 Å². The van der Waals surface area contributed by atoms with Crippen LogP contribution in [0.4, 0.5) is 5.69 Å². The number of benzene rings is 2. The van der Waals surface area contributed by atoms with Crippen LogP contribution < -0.4 is 5.32 Å². The van der Waals surface area contributed by atoms with E-state index >= 15 is 0 Å². The fraction of sp³-hybridized carbons (Fsp3) is 0.278. The molecule has 138 valence electrons. The number of sulfonamides is 1. The molecule has 1 aliphatic heterocycles. The Morgan fingerprint density at radius 3 is 2.46 bits per heavy atom. The second-order valence-electron chi connectivity index (χ2n) is 6.18. The first-order valence-corrected chi connectivity index (χ1v) is 10.3. The minimum Gasteiger partial charge on any atom is -0.324 e. The monoisotopic (exact) mass is 412 g/mol. The van der Waals surface area contributed by atoms with Gasteiger partial charge in [0.1, 0.15) is 6.04 Å². The molecule has 1 amide bonds. The van der Waals surface area contributed by atoms with Gasteiger partial charge in [-0.05, 0) is 61.7 Å². The third kappa shape index (κ3) is 3.88. The van der Waals surface area contributed by atoms with Gasteiger partial charge in [-0.15, -0.1) is 0 Å².